The number of allylic oxidation sites excluding steroid dienone is 2. The molecule has 0 aromatic carbocycles. The number of ether oxygens (including phenoxy) is 1. The van der Waals surface area contributed by atoms with Crippen molar-refractivity contribution in [1.82, 2.24) is 5.32 Å². The maximum atomic E-state index is 11.0. The van der Waals surface area contributed by atoms with Crippen LogP contribution < -0.4 is 5.32 Å². The highest BCUT2D eigenvalue weighted by Crippen LogP contribution is 2.01. The Labute approximate surface area is 65.0 Å². The van der Waals surface area contributed by atoms with E-state index < -0.39 is 0 Å². The SMILES string of the molecule is CNC(=O)C1=COC=CC=C1. The van der Waals surface area contributed by atoms with Crippen molar-refractivity contribution in [3.63, 3.8) is 0 Å². The Morgan fingerprint density at radius 3 is 3.09 bits per heavy atom. The molecule has 0 atom stereocenters. The largest absolute Gasteiger partial charge is 0.472 e. The van der Waals surface area contributed by atoms with E-state index in [2.05, 4.69) is 5.32 Å². The zero-order chi connectivity index (χ0) is 8.10. The maximum Gasteiger partial charge on any atom is 0.254 e. The predicted octanol–water partition coefficient (Wildman–Crippen LogP) is 0.716. The second-order valence-corrected chi connectivity index (χ2v) is 1.98. The van der Waals surface area contributed by atoms with Crippen LogP contribution in [0.2, 0.25) is 0 Å². The summed E-state index contributed by atoms with van der Waals surface area (Å²) in [5.74, 6) is -0.148. The zero-order valence-electron chi connectivity index (χ0n) is 6.20. The molecule has 0 spiro atoms. The lowest BCUT2D eigenvalue weighted by molar-refractivity contribution is -0.116. The van der Waals surface area contributed by atoms with E-state index in [0.29, 0.717) is 5.57 Å². The van der Waals surface area contributed by atoms with Gasteiger partial charge in [0.25, 0.3) is 5.91 Å². The molecule has 11 heavy (non-hydrogen) atoms. The number of carbonyl (C=O) groups excluding carboxylic acids is 1. The minimum Gasteiger partial charge on any atom is -0.472 e. The minimum absolute atomic E-state index is 0.148. The second-order valence-electron chi connectivity index (χ2n) is 1.98. The van der Waals surface area contributed by atoms with Crippen LogP contribution in [0.4, 0.5) is 0 Å². The molecule has 3 heteroatoms. The molecule has 1 aliphatic rings. The average Bonchev–Trinajstić information content (AvgIpc) is 2.30. The van der Waals surface area contributed by atoms with Crippen LogP contribution in [0, 0.1) is 0 Å². The first-order valence-corrected chi connectivity index (χ1v) is 3.25. The monoisotopic (exact) mass is 151 g/mol. The highest BCUT2D eigenvalue weighted by Gasteiger charge is 2.03. The summed E-state index contributed by atoms with van der Waals surface area (Å²) in [4.78, 5) is 11.0. The number of hydrogen-bond acceptors (Lipinski definition) is 2. The van der Waals surface area contributed by atoms with Gasteiger partial charge in [-0.3, -0.25) is 4.79 Å². The van der Waals surface area contributed by atoms with Crippen LogP contribution in [-0.2, 0) is 9.53 Å². The first kappa shape index (κ1) is 7.60. The first-order valence-electron chi connectivity index (χ1n) is 3.25. The van der Waals surface area contributed by atoms with Crippen LogP contribution in [0.3, 0.4) is 0 Å². The predicted molar refractivity (Wildman–Crippen MR) is 41.5 cm³/mol. The van der Waals surface area contributed by atoms with Crippen molar-refractivity contribution >= 4 is 5.91 Å². The number of nitrogens with one attached hydrogen (secondary N) is 1. The van der Waals surface area contributed by atoms with Crippen molar-refractivity contribution in [3.8, 4) is 0 Å². The van der Waals surface area contributed by atoms with Crippen LogP contribution in [-0.4, -0.2) is 13.0 Å². The van der Waals surface area contributed by atoms with E-state index in [1.807, 2.05) is 0 Å². The number of rotatable bonds is 1. The molecule has 0 fully saturated rings. The molecule has 0 bridgehead atoms. The molecule has 3 nitrogen and oxygen atoms in total. The Morgan fingerprint density at radius 1 is 1.55 bits per heavy atom. The molecule has 0 aromatic heterocycles. The third-order valence-corrected chi connectivity index (χ3v) is 1.23. The molecule has 1 amide bonds. The van der Waals surface area contributed by atoms with Crippen molar-refractivity contribution in [1.29, 1.82) is 0 Å². The van der Waals surface area contributed by atoms with Gasteiger partial charge in [-0.2, -0.15) is 0 Å². The molecule has 0 unspecified atom stereocenters. The van der Waals surface area contributed by atoms with Crippen molar-refractivity contribution in [2.45, 2.75) is 0 Å². The van der Waals surface area contributed by atoms with Gasteiger partial charge < -0.3 is 10.1 Å². The number of carbonyl (C=O) groups is 1. The third-order valence-electron chi connectivity index (χ3n) is 1.23. The summed E-state index contributed by atoms with van der Waals surface area (Å²) in [6, 6.07) is 0. The lowest BCUT2D eigenvalue weighted by atomic mass is 10.2. The van der Waals surface area contributed by atoms with Gasteiger partial charge in [-0.05, 0) is 12.2 Å². The lowest BCUT2D eigenvalue weighted by Crippen LogP contribution is -2.18. The summed E-state index contributed by atoms with van der Waals surface area (Å²) in [6.07, 6.45) is 8.05. The molecule has 0 aromatic rings. The fraction of sp³-hybridized carbons (Fsp3) is 0.125. The third kappa shape index (κ3) is 1.97. The Morgan fingerprint density at radius 2 is 2.36 bits per heavy atom. The maximum absolute atomic E-state index is 11.0. The first-order chi connectivity index (χ1) is 5.34. The highest BCUT2D eigenvalue weighted by atomic mass is 16.5. The fourth-order valence-corrected chi connectivity index (χ4v) is 0.675. The summed E-state index contributed by atoms with van der Waals surface area (Å²) < 4.78 is 4.86. The molecule has 58 valence electrons. The van der Waals surface area contributed by atoms with Gasteiger partial charge in [-0.1, -0.05) is 6.08 Å². The van der Waals surface area contributed by atoms with E-state index in [4.69, 9.17) is 4.74 Å². The molecule has 0 saturated carbocycles. The van der Waals surface area contributed by atoms with Gasteiger partial charge in [0.05, 0.1) is 11.8 Å². The zero-order valence-corrected chi connectivity index (χ0v) is 6.20. The summed E-state index contributed by atoms with van der Waals surface area (Å²) in [7, 11) is 1.58. The topological polar surface area (TPSA) is 38.3 Å². The quantitative estimate of drug-likeness (QED) is 0.599. The van der Waals surface area contributed by atoms with Crippen LogP contribution in [0.15, 0.2) is 36.3 Å². The summed E-state index contributed by atoms with van der Waals surface area (Å²) >= 11 is 0. The molecule has 1 aliphatic heterocycles. The molecule has 0 aliphatic carbocycles. The number of likely N-dealkylation sites (N-methyl/N-ethyl adjacent to an activating group) is 1. The smallest absolute Gasteiger partial charge is 0.254 e. The Balaban J connectivity index is 2.72. The molecule has 0 saturated heterocycles. The van der Waals surface area contributed by atoms with Crippen molar-refractivity contribution in [2.75, 3.05) is 7.05 Å². The highest BCUT2D eigenvalue weighted by molar-refractivity contribution is 5.95. The normalized spacial score (nSPS) is 14.8. The minimum atomic E-state index is -0.148. The molecular weight excluding hydrogens is 142 g/mol. The van der Waals surface area contributed by atoms with Gasteiger partial charge >= 0.3 is 0 Å². The van der Waals surface area contributed by atoms with E-state index in [-0.39, 0.29) is 5.91 Å². The van der Waals surface area contributed by atoms with E-state index in [9.17, 15) is 4.79 Å². The average molecular weight is 151 g/mol. The van der Waals surface area contributed by atoms with Gasteiger partial charge in [0.15, 0.2) is 0 Å². The van der Waals surface area contributed by atoms with Gasteiger partial charge in [-0.15, -0.1) is 0 Å². The summed E-state index contributed by atoms with van der Waals surface area (Å²) in [5.41, 5.74) is 0.512. The van der Waals surface area contributed by atoms with Crippen molar-refractivity contribution in [2.24, 2.45) is 0 Å². The Bertz CT molecular complexity index is 238. The van der Waals surface area contributed by atoms with Crippen LogP contribution in [0.1, 0.15) is 0 Å². The van der Waals surface area contributed by atoms with Crippen LogP contribution >= 0.6 is 0 Å². The van der Waals surface area contributed by atoms with Gasteiger partial charge in [-0.25, -0.2) is 0 Å². The standard InChI is InChI=1S/C8H9NO2/c1-9-8(10)7-4-2-3-5-11-6-7/h2-6H,1H3,(H,9,10). The molecule has 1 N–H and O–H groups in total. The number of amides is 1. The second kappa shape index (κ2) is 3.61. The Hall–Kier alpha value is -1.51. The summed E-state index contributed by atoms with van der Waals surface area (Å²) in [6.45, 7) is 0. The van der Waals surface area contributed by atoms with E-state index in [1.54, 1.807) is 25.3 Å². The molecule has 1 rings (SSSR count). The fourth-order valence-electron chi connectivity index (χ4n) is 0.675. The van der Waals surface area contributed by atoms with Gasteiger partial charge in [0, 0.05) is 7.05 Å². The molecule has 1 heterocycles. The van der Waals surface area contributed by atoms with Crippen LogP contribution in [0.25, 0.3) is 0 Å². The van der Waals surface area contributed by atoms with Gasteiger partial charge in [0.2, 0.25) is 0 Å². The molecule has 0 radical (unpaired) electrons. The van der Waals surface area contributed by atoms with Gasteiger partial charge in [0.1, 0.15) is 6.26 Å². The van der Waals surface area contributed by atoms with E-state index >= 15 is 0 Å². The van der Waals surface area contributed by atoms with E-state index in [1.165, 1.54) is 12.5 Å². The lowest BCUT2D eigenvalue weighted by Gasteiger charge is -1.97. The molecular formula is C8H9NO2. The van der Waals surface area contributed by atoms with E-state index in [0.717, 1.165) is 0 Å². The van der Waals surface area contributed by atoms with Crippen molar-refractivity contribution in [3.05, 3.63) is 36.3 Å². The number of hydrogen-bond donors (Lipinski definition) is 1. The van der Waals surface area contributed by atoms with Crippen molar-refractivity contribution < 1.29 is 9.53 Å². The Kier molecular flexibility index (Phi) is 2.49. The van der Waals surface area contributed by atoms with Crippen LogP contribution in [0.5, 0.6) is 0 Å². The summed E-state index contributed by atoms with van der Waals surface area (Å²) in [5, 5.41) is 2.50.